The highest BCUT2D eigenvalue weighted by molar-refractivity contribution is 5.95. The lowest BCUT2D eigenvalue weighted by molar-refractivity contribution is -0.114. The minimum atomic E-state index is 0.00236. The van der Waals surface area contributed by atoms with E-state index in [1.165, 1.54) is 5.56 Å². The summed E-state index contributed by atoms with van der Waals surface area (Å²) in [6, 6.07) is 16.1. The second-order valence-corrected chi connectivity index (χ2v) is 5.93. The Hall–Kier alpha value is -2.29. The van der Waals surface area contributed by atoms with Gasteiger partial charge in [0.1, 0.15) is 0 Å². The van der Waals surface area contributed by atoms with Gasteiger partial charge in [-0.3, -0.25) is 4.79 Å². The van der Waals surface area contributed by atoms with Crippen LogP contribution in [-0.4, -0.2) is 19.5 Å². The van der Waals surface area contributed by atoms with E-state index in [4.69, 9.17) is 0 Å². The number of likely N-dealkylation sites (N-methyl/N-ethyl adjacent to an activating group) is 1. The molecule has 3 heteroatoms. The normalized spacial score (nSPS) is 10.6. The minimum Gasteiger partial charge on any atom is -0.365 e. The summed E-state index contributed by atoms with van der Waals surface area (Å²) in [5.74, 6) is 0.379. The van der Waals surface area contributed by atoms with Crippen molar-refractivity contribution < 1.29 is 4.79 Å². The van der Waals surface area contributed by atoms with Gasteiger partial charge in [-0.25, -0.2) is 0 Å². The molecule has 2 aromatic carbocycles. The maximum Gasteiger partial charge on any atom is 0.243 e. The molecule has 0 fully saturated rings. The number of aryl methyl sites for hydroxylation is 1. The summed E-state index contributed by atoms with van der Waals surface area (Å²) in [5, 5.41) is 3.08. The van der Waals surface area contributed by atoms with Crippen molar-refractivity contribution in [2.24, 2.45) is 0 Å². The Balaban J connectivity index is 2.10. The number of nitrogens with zero attached hydrogens (tertiary/aromatic N) is 1. The molecule has 0 aliphatic heterocycles. The maximum absolute atomic E-state index is 12.4. The van der Waals surface area contributed by atoms with Gasteiger partial charge in [-0.2, -0.15) is 0 Å². The zero-order valence-corrected chi connectivity index (χ0v) is 13.8. The van der Waals surface area contributed by atoms with Gasteiger partial charge in [-0.05, 0) is 36.1 Å². The summed E-state index contributed by atoms with van der Waals surface area (Å²) in [7, 11) is 1.93. The molecule has 2 rings (SSSR count). The van der Waals surface area contributed by atoms with Crippen LogP contribution in [0.5, 0.6) is 0 Å². The molecular weight excluding hydrogens is 272 g/mol. The quantitative estimate of drug-likeness (QED) is 0.897. The van der Waals surface area contributed by atoms with E-state index in [9.17, 15) is 4.79 Å². The molecule has 0 unspecified atom stereocenters. The van der Waals surface area contributed by atoms with Gasteiger partial charge in [-0.1, -0.05) is 50.2 Å². The van der Waals surface area contributed by atoms with Crippen LogP contribution < -0.4 is 10.2 Å². The lowest BCUT2D eigenvalue weighted by Crippen LogP contribution is -2.30. The number of amides is 1. The predicted octanol–water partition coefficient (Wildman–Crippen LogP) is 4.19. The number of anilines is 2. The first-order valence-corrected chi connectivity index (χ1v) is 7.64. The van der Waals surface area contributed by atoms with Gasteiger partial charge in [0.05, 0.1) is 6.54 Å². The molecule has 0 bridgehead atoms. The van der Waals surface area contributed by atoms with Crippen molar-refractivity contribution in [1.29, 1.82) is 0 Å². The highest BCUT2D eigenvalue weighted by atomic mass is 16.2. The third kappa shape index (κ3) is 3.88. The monoisotopic (exact) mass is 296 g/mol. The molecule has 1 amide bonds. The Morgan fingerprint density at radius 2 is 1.77 bits per heavy atom. The van der Waals surface area contributed by atoms with E-state index in [0.717, 1.165) is 16.9 Å². The van der Waals surface area contributed by atoms with E-state index in [2.05, 4.69) is 25.2 Å². The number of nitrogens with one attached hydrogen (secondary N) is 1. The molecule has 0 aliphatic carbocycles. The van der Waals surface area contributed by atoms with E-state index in [-0.39, 0.29) is 5.91 Å². The molecule has 0 saturated carbocycles. The van der Waals surface area contributed by atoms with Gasteiger partial charge in [0.2, 0.25) is 5.91 Å². The molecule has 3 nitrogen and oxygen atoms in total. The molecule has 2 aromatic rings. The SMILES string of the molecule is Cc1cccc(C(C)C)c1NC(=O)CN(C)c1ccccc1. The smallest absolute Gasteiger partial charge is 0.243 e. The first kappa shape index (κ1) is 16.1. The fraction of sp³-hybridized carbons (Fsp3) is 0.316. The van der Waals surface area contributed by atoms with Crippen molar-refractivity contribution in [1.82, 2.24) is 0 Å². The van der Waals surface area contributed by atoms with Crippen molar-refractivity contribution in [2.75, 3.05) is 23.8 Å². The highest BCUT2D eigenvalue weighted by Crippen LogP contribution is 2.27. The number of para-hydroxylation sites is 2. The molecule has 116 valence electrons. The topological polar surface area (TPSA) is 32.3 Å². The molecular formula is C19H24N2O. The van der Waals surface area contributed by atoms with E-state index in [0.29, 0.717) is 12.5 Å². The molecule has 22 heavy (non-hydrogen) atoms. The van der Waals surface area contributed by atoms with E-state index < -0.39 is 0 Å². The van der Waals surface area contributed by atoms with Crippen molar-refractivity contribution in [2.45, 2.75) is 26.7 Å². The Morgan fingerprint density at radius 1 is 1.09 bits per heavy atom. The van der Waals surface area contributed by atoms with Gasteiger partial charge in [0.15, 0.2) is 0 Å². The van der Waals surface area contributed by atoms with Crippen molar-refractivity contribution >= 4 is 17.3 Å². The maximum atomic E-state index is 12.4. The summed E-state index contributed by atoms with van der Waals surface area (Å²) < 4.78 is 0. The Morgan fingerprint density at radius 3 is 2.41 bits per heavy atom. The van der Waals surface area contributed by atoms with Crippen LogP contribution in [0, 0.1) is 6.92 Å². The fourth-order valence-electron chi connectivity index (χ4n) is 2.51. The van der Waals surface area contributed by atoms with Gasteiger partial charge >= 0.3 is 0 Å². The van der Waals surface area contributed by atoms with Crippen LogP contribution in [0.4, 0.5) is 11.4 Å². The van der Waals surface area contributed by atoms with Crippen LogP contribution in [-0.2, 0) is 4.79 Å². The van der Waals surface area contributed by atoms with Crippen LogP contribution in [0.1, 0.15) is 30.9 Å². The summed E-state index contributed by atoms with van der Waals surface area (Å²) in [5.41, 5.74) is 4.26. The first-order chi connectivity index (χ1) is 10.5. The summed E-state index contributed by atoms with van der Waals surface area (Å²) in [6.45, 7) is 6.64. The molecule has 0 radical (unpaired) electrons. The molecule has 0 atom stereocenters. The van der Waals surface area contributed by atoms with Crippen LogP contribution in [0.15, 0.2) is 48.5 Å². The Bertz CT molecular complexity index is 635. The summed E-state index contributed by atoms with van der Waals surface area (Å²) in [4.78, 5) is 14.3. The van der Waals surface area contributed by atoms with Crippen molar-refractivity contribution in [3.05, 3.63) is 59.7 Å². The van der Waals surface area contributed by atoms with Crippen molar-refractivity contribution in [3.8, 4) is 0 Å². The largest absolute Gasteiger partial charge is 0.365 e. The summed E-state index contributed by atoms with van der Waals surface area (Å²) in [6.07, 6.45) is 0. The lowest BCUT2D eigenvalue weighted by atomic mass is 9.98. The number of rotatable bonds is 5. The molecule has 0 spiro atoms. The fourth-order valence-corrected chi connectivity index (χ4v) is 2.51. The van der Waals surface area contributed by atoms with Crippen LogP contribution in [0.2, 0.25) is 0 Å². The number of carbonyl (C=O) groups excluding carboxylic acids is 1. The lowest BCUT2D eigenvalue weighted by Gasteiger charge is -2.21. The highest BCUT2D eigenvalue weighted by Gasteiger charge is 2.13. The van der Waals surface area contributed by atoms with Gasteiger partial charge in [0, 0.05) is 18.4 Å². The van der Waals surface area contributed by atoms with Gasteiger partial charge in [-0.15, -0.1) is 0 Å². The van der Waals surface area contributed by atoms with E-state index in [1.807, 2.05) is 61.3 Å². The molecule has 1 N–H and O–H groups in total. The Labute approximate surface area is 133 Å². The first-order valence-electron chi connectivity index (χ1n) is 7.64. The average Bonchev–Trinajstić information content (AvgIpc) is 2.49. The standard InChI is InChI=1S/C19H24N2O/c1-14(2)17-12-8-9-15(3)19(17)20-18(22)13-21(4)16-10-6-5-7-11-16/h5-12,14H,13H2,1-4H3,(H,20,22). The number of benzene rings is 2. The second kappa shape index (κ2) is 7.12. The minimum absolute atomic E-state index is 0.00236. The molecule has 0 aliphatic rings. The Kier molecular flexibility index (Phi) is 5.21. The van der Waals surface area contributed by atoms with Crippen LogP contribution in [0.3, 0.4) is 0 Å². The predicted molar refractivity (Wildman–Crippen MR) is 93.6 cm³/mol. The third-order valence-electron chi connectivity index (χ3n) is 3.77. The summed E-state index contributed by atoms with van der Waals surface area (Å²) >= 11 is 0. The zero-order valence-electron chi connectivity index (χ0n) is 13.8. The molecule has 0 aromatic heterocycles. The second-order valence-electron chi connectivity index (χ2n) is 5.93. The average molecular weight is 296 g/mol. The molecule has 0 saturated heterocycles. The van der Waals surface area contributed by atoms with Gasteiger partial charge < -0.3 is 10.2 Å². The zero-order chi connectivity index (χ0) is 16.1. The van der Waals surface area contributed by atoms with E-state index in [1.54, 1.807) is 0 Å². The van der Waals surface area contributed by atoms with E-state index >= 15 is 0 Å². The third-order valence-corrected chi connectivity index (χ3v) is 3.77. The van der Waals surface area contributed by atoms with Crippen LogP contribution in [0.25, 0.3) is 0 Å². The number of hydrogen-bond donors (Lipinski definition) is 1. The van der Waals surface area contributed by atoms with Crippen LogP contribution >= 0.6 is 0 Å². The van der Waals surface area contributed by atoms with Crippen molar-refractivity contribution in [3.63, 3.8) is 0 Å². The number of carbonyl (C=O) groups is 1. The number of hydrogen-bond acceptors (Lipinski definition) is 2. The molecule has 0 heterocycles. The van der Waals surface area contributed by atoms with Gasteiger partial charge in [0.25, 0.3) is 0 Å².